The fourth-order valence-electron chi connectivity index (χ4n) is 1.56. The van der Waals surface area contributed by atoms with E-state index in [-0.39, 0.29) is 12.1 Å². The van der Waals surface area contributed by atoms with Gasteiger partial charge in [-0.2, -0.15) is 0 Å². The minimum atomic E-state index is -0.427. The van der Waals surface area contributed by atoms with Gasteiger partial charge in [-0.25, -0.2) is 4.79 Å². The highest BCUT2D eigenvalue weighted by Gasteiger charge is 2.22. The summed E-state index contributed by atoms with van der Waals surface area (Å²) >= 11 is 0. The molecule has 1 rings (SSSR count). The third kappa shape index (κ3) is 7.21. The van der Waals surface area contributed by atoms with E-state index in [1.54, 1.807) is 0 Å². The molecule has 0 aromatic carbocycles. The van der Waals surface area contributed by atoms with E-state index in [0.29, 0.717) is 0 Å². The predicted molar refractivity (Wildman–Crippen MR) is 69.0 cm³/mol. The Hall–Kier alpha value is -0.770. The van der Waals surface area contributed by atoms with Crippen LogP contribution in [0, 0.1) is 5.92 Å². The van der Waals surface area contributed by atoms with Crippen molar-refractivity contribution in [2.45, 2.75) is 58.6 Å². The number of carbonyl (C=O) groups is 1. The SMILES string of the molecule is CCC(CNCC1CC1)NC(=O)OC(C)(C)C. The molecular weight excluding hydrogens is 216 g/mol. The van der Waals surface area contributed by atoms with Crippen molar-refractivity contribution in [1.29, 1.82) is 0 Å². The summed E-state index contributed by atoms with van der Waals surface area (Å²) in [6.45, 7) is 9.59. The number of hydrogen-bond acceptors (Lipinski definition) is 3. The molecule has 1 atom stereocenters. The van der Waals surface area contributed by atoms with Gasteiger partial charge in [-0.1, -0.05) is 6.92 Å². The summed E-state index contributed by atoms with van der Waals surface area (Å²) < 4.78 is 5.23. The first-order chi connectivity index (χ1) is 7.90. The van der Waals surface area contributed by atoms with E-state index in [2.05, 4.69) is 17.6 Å². The van der Waals surface area contributed by atoms with Gasteiger partial charge >= 0.3 is 6.09 Å². The molecule has 1 aliphatic rings. The van der Waals surface area contributed by atoms with Crippen LogP contribution in [0.2, 0.25) is 0 Å². The summed E-state index contributed by atoms with van der Waals surface area (Å²) in [5, 5.41) is 6.29. The largest absolute Gasteiger partial charge is 0.444 e. The number of alkyl carbamates (subject to hydrolysis) is 1. The van der Waals surface area contributed by atoms with Gasteiger partial charge in [-0.3, -0.25) is 0 Å². The first kappa shape index (κ1) is 14.3. The highest BCUT2D eigenvalue weighted by molar-refractivity contribution is 5.68. The zero-order valence-electron chi connectivity index (χ0n) is 11.5. The second-order valence-electron chi connectivity index (χ2n) is 5.85. The molecule has 0 heterocycles. The van der Waals surface area contributed by atoms with Crippen molar-refractivity contribution in [3.05, 3.63) is 0 Å². The Morgan fingerprint density at radius 1 is 1.41 bits per heavy atom. The normalized spacial score (nSPS) is 17.6. The third-order valence-corrected chi connectivity index (χ3v) is 2.73. The number of nitrogens with one attached hydrogen (secondary N) is 2. The average molecular weight is 242 g/mol. The van der Waals surface area contributed by atoms with Crippen molar-refractivity contribution in [1.82, 2.24) is 10.6 Å². The maximum atomic E-state index is 11.6. The molecule has 4 nitrogen and oxygen atoms in total. The smallest absolute Gasteiger partial charge is 0.407 e. The lowest BCUT2D eigenvalue weighted by Gasteiger charge is -2.23. The van der Waals surface area contributed by atoms with Crippen LogP contribution in [0.15, 0.2) is 0 Å². The molecule has 17 heavy (non-hydrogen) atoms. The van der Waals surface area contributed by atoms with Gasteiger partial charge in [0.25, 0.3) is 0 Å². The molecule has 1 amide bonds. The van der Waals surface area contributed by atoms with Gasteiger partial charge in [-0.15, -0.1) is 0 Å². The molecule has 0 aromatic rings. The first-order valence-corrected chi connectivity index (χ1v) is 6.61. The highest BCUT2D eigenvalue weighted by atomic mass is 16.6. The third-order valence-electron chi connectivity index (χ3n) is 2.73. The van der Waals surface area contributed by atoms with Gasteiger partial charge in [-0.05, 0) is 52.5 Å². The summed E-state index contributed by atoms with van der Waals surface area (Å²) in [5.74, 6) is 0.869. The van der Waals surface area contributed by atoms with Crippen molar-refractivity contribution in [2.24, 2.45) is 5.92 Å². The number of rotatable bonds is 6. The van der Waals surface area contributed by atoms with Crippen LogP contribution in [-0.4, -0.2) is 30.8 Å². The maximum absolute atomic E-state index is 11.6. The van der Waals surface area contributed by atoms with E-state index < -0.39 is 5.60 Å². The zero-order valence-corrected chi connectivity index (χ0v) is 11.5. The molecule has 1 fully saturated rings. The second kappa shape index (κ2) is 6.24. The van der Waals surface area contributed by atoms with Crippen LogP contribution in [0.25, 0.3) is 0 Å². The molecule has 1 saturated carbocycles. The van der Waals surface area contributed by atoms with Crippen LogP contribution in [-0.2, 0) is 4.74 Å². The summed E-state index contributed by atoms with van der Waals surface area (Å²) in [5.41, 5.74) is -0.427. The molecule has 0 bridgehead atoms. The van der Waals surface area contributed by atoms with Gasteiger partial charge < -0.3 is 15.4 Å². The zero-order chi connectivity index (χ0) is 12.9. The van der Waals surface area contributed by atoms with Crippen molar-refractivity contribution in [3.8, 4) is 0 Å². The molecule has 0 aromatic heterocycles. The lowest BCUT2D eigenvalue weighted by Crippen LogP contribution is -2.44. The molecule has 0 radical (unpaired) electrons. The Balaban J connectivity index is 2.17. The Labute approximate surface area is 104 Å². The fourth-order valence-corrected chi connectivity index (χ4v) is 1.56. The number of carbonyl (C=O) groups excluding carboxylic acids is 1. The van der Waals surface area contributed by atoms with Gasteiger partial charge in [0.15, 0.2) is 0 Å². The van der Waals surface area contributed by atoms with Crippen LogP contribution in [0.1, 0.15) is 47.0 Å². The molecular formula is C13H26N2O2. The Morgan fingerprint density at radius 2 is 2.06 bits per heavy atom. The van der Waals surface area contributed by atoms with E-state index in [9.17, 15) is 4.79 Å². The molecule has 0 spiro atoms. The van der Waals surface area contributed by atoms with Crippen molar-refractivity contribution < 1.29 is 9.53 Å². The van der Waals surface area contributed by atoms with Gasteiger partial charge in [0.05, 0.1) is 0 Å². The number of amides is 1. The van der Waals surface area contributed by atoms with Crippen molar-refractivity contribution in [2.75, 3.05) is 13.1 Å². The summed E-state index contributed by atoms with van der Waals surface area (Å²) in [6.07, 6.45) is 3.29. The minimum absolute atomic E-state index is 0.156. The molecule has 100 valence electrons. The Morgan fingerprint density at radius 3 is 2.53 bits per heavy atom. The van der Waals surface area contributed by atoms with Gasteiger partial charge in [0.1, 0.15) is 5.60 Å². The average Bonchev–Trinajstić information content (AvgIpc) is 2.97. The van der Waals surface area contributed by atoms with Gasteiger partial charge in [0.2, 0.25) is 0 Å². The van der Waals surface area contributed by atoms with Crippen LogP contribution >= 0.6 is 0 Å². The van der Waals surface area contributed by atoms with Crippen molar-refractivity contribution >= 4 is 6.09 Å². The van der Waals surface area contributed by atoms with E-state index in [0.717, 1.165) is 25.4 Å². The lowest BCUT2D eigenvalue weighted by molar-refractivity contribution is 0.0502. The number of ether oxygens (including phenoxy) is 1. The van der Waals surface area contributed by atoms with E-state index in [1.807, 2.05) is 20.8 Å². The van der Waals surface area contributed by atoms with E-state index >= 15 is 0 Å². The van der Waals surface area contributed by atoms with E-state index in [4.69, 9.17) is 4.74 Å². The topological polar surface area (TPSA) is 50.4 Å². The molecule has 1 unspecified atom stereocenters. The van der Waals surface area contributed by atoms with Crippen LogP contribution < -0.4 is 10.6 Å². The lowest BCUT2D eigenvalue weighted by atomic mass is 10.2. The summed E-state index contributed by atoms with van der Waals surface area (Å²) in [6, 6.07) is 0.156. The standard InChI is InChI=1S/C13H26N2O2/c1-5-11(9-14-8-10-6-7-10)15-12(16)17-13(2,3)4/h10-11,14H,5-9H2,1-4H3,(H,15,16). The fraction of sp³-hybridized carbons (Fsp3) is 0.923. The minimum Gasteiger partial charge on any atom is -0.444 e. The highest BCUT2D eigenvalue weighted by Crippen LogP contribution is 2.27. The quantitative estimate of drug-likeness (QED) is 0.751. The van der Waals surface area contributed by atoms with Crippen LogP contribution in [0.5, 0.6) is 0 Å². The summed E-state index contributed by atoms with van der Waals surface area (Å²) in [7, 11) is 0. The van der Waals surface area contributed by atoms with E-state index in [1.165, 1.54) is 12.8 Å². The maximum Gasteiger partial charge on any atom is 0.407 e. The monoisotopic (exact) mass is 242 g/mol. The predicted octanol–water partition coefficient (Wildman–Crippen LogP) is 2.29. The van der Waals surface area contributed by atoms with Crippen LogP contribution in [0.3, 0.4) is 0 Å². The van der Waals surface area contributed by atoms with Crippen molar-refractivity contribution in [3.63, 3.8) is 0 Å². The first-order valence-electron chi connectivity index (χ1n) is 6.61. The molecule has 0 aliphatic heterocycles. The second-order valence-corrected chi connectivity index (χ2v) is 5.85. The number of hydrogen-bond donors (Lipinski definition) is 2. The Kier molecular flexibility index (Phi) is 5.25. The summed E-state index contributed by atoms with van der Waals surface area (Å²) in [4.78, 5) is 11.6. The molecule has 2 N–H and O–H groups in total. The van der Waals surface area contributed by atoms with Gasteiger partial charge in [0, 0.05) is 12.6 Å². The van der Waals surface area contributed by atoms with Crippen LogP contribution in [0.4, 0.5) is 4.79 Å². The Bertz CT molecular complexity index is 244. The molecule has 1 aliphatic carbocycles. The molecule has 0 saturated heterocycles. The molecule has 4 heteroatoms.